The van der Waals surface area contributed by atoms with Crippen LogP contribution in [0, 0.1) is 0 Å². The van der Waals surface area contributed by atoms with Crippen molar-refractivity contribution in [1.82, 2.24) is 24.8 Å². The van der Waals surface area contributed by atoms with E-state index < -0.39 is 0 Å². The van der Waals surface area contributed by atoms with E-state index in [0.717, 1.165) is 11.3 Å². The molecular weight excluding hydrogens is 394 g/mol. The molecule has 158 valence electrons. The molecule has 0 aliphatic carbocycles. The quantitative estimate of drug-likeness (QED) is 0.455. The molecule has 0 radical (unpaired) electrons. The molecule has 0 aliphatic heterocycles. The molecule has 0 atom stereocenters. The van der Waals surface area contributed by atoms with Crippen LogP contribution in [-0.2, 0) is 13.0 Å². The molecule has 8 heteroatoms. The molecule has 0 saturated carbocycles. The van der Waals surface area contributed by atoms with E-state index in [2.05, 4.69) is 10.1 Å². The Labute approximate surface area is 180 Å². The van der Waals surface area contributed by atoms with Crippen LogP contribution >= 0.6 is 0 Å². The third kappa shape index (κ3) is 4.18. The molecule has 0 fully saturated rings. The number of para-hydroxylation sites is 2. The van der Waals surface area contributed by atoms with Gasteiger partial charge >= 0.3 is 0 Å². The van der Waals surface area contributed by atoms with E-state index in [1.807, 2.05) is 61.5 Å². The number of hydrogen-bond acceptors (Lipinski definition) is 6. The van der Waals surface area contributed by atoms with E-state index in [9.17, 15) is 4.79 Å². The van der Waals surface area contributed by atoms with Gasteiger partial charge in [-0.1, -0.05) is 42.4 Å². The predicted molar refractivity (Wildman–Crippen MR) is 115 cm³/mol. The van der Waals surface area contributed by atoms with Gasteiger partial charge in [0.1, 0.15) is 11.4 Å². The monoisotopic (exact) mass is 417 g/mol. The lowest BCUT2D eigenvalue weighted by Crippen LogP contribution is -2.26. The van der Waals surface area contributed by atoms with Gasteiger partial charge in [0.15, 0.2) is 5.82 Å². The van der Waals surface area contributed by atoms with Gasteiger partial charge in [-0.05, 0) is 24.3 Å². The highest BCUT2D eigenvalue weighted by atomic mass is 16.5. The van der Waals surface area contributed by atoms with Gasteiger partial charge in [0, 0.05) is 25.2 Å². The number of benzene rings is 2. The number of carbonyl (C=O) groups excluding carboxylic acids is 1. The van der Waals surface area contributed by atoms with Crippen molar-refractivity contribution in [2.75, 3.05) is 14.2 Å². The van der Waals surface area contributed by atoms with Gasteiger partial charge in [0.05, 0.1) is 24.9 Å². The summed E-state index contributed by atoms with van der Waals surface area (Å²) in [6, 6.07) is 17.2. The summed E-state index contributed by atoms with van der Waals surface area (Å²) in [7, 11) is 3.30. The summed E-state index contributed by atoms with van der Waals surface area (Å²) in [4.78, 5) is 19.2. The number of ether oxygens (including phenoxy) is 1. The fraction of sp³-hybridized carbons (Fsp3) is 0.217. The van der Waals surface area contributed by atoms with E-state index in [1.165, 1.54) is 4.90 Å². The van der Waals surface area contributed by atoms with Gasteiger partial charge in [-0.3, -0.25) is 4.79 Å². The Bertz CT molecular complexity index is 1180. The molecule has 4 aromatic rings. The van der Waals surface area contributed by atoms with E-state index in [-0.39, 0.29) is 12.5 Å². The minimum Gasteiger partial charge on any atom is -0.496 e. The lowest BCUT2D eigenvalue weighted by Gasteiger charge is -2.15. The number of aromatic nitrogens is 4. The highest BCUT2D eigenvalue weighted by Gasteiger charge is 2.24. The summed E-state index contributed by atoms with van der Waals surface area (Å²) in [5.74, 6) is 1.44. The molecule has 0 bridgehead atoms. The Kier molecular flexibility index (Phi) is 5.79. The number of methoxy groups -OCH3 is 1. The van der Waals surface area contributed by atoms with E-state index in [4.69, 9.17) is 14.4 Å². The van der Waals surface area contributed by atoms with Crippen molar-refractivity contribution >= 4 is 5.91 Å². The Hall–Kier alpha value is -3.94. The van der Waals surface area contributed by atoms with Gasteiger partial charge < -0.3 is 14.2 Å². The van der Waals surface area contributed by atoms with Gasteiger partial charge in [0.25, 0.3) is 5.91 Å². The number of carbonyl (C=O) groups is 1. The molecule has 0 N–H and O–H groups in total. The van der Waals surface area contributed by atoms with Crippen LogP contribution in [0.4, 0.5) is 0 Å². The molecule has 2 heterocycles. The first-order valence-corrected chi connectivity index (χ1v) is 9.96. The molecule has 2 aromatic heterocycles. The van der Waals surface area contributed by atoms with Crippen LogP contribution in [0.3, 0.4) is 0 Å². The zero-order valence-corrected chi connectivity index (χ0v) is 17.6. The fourth-order valence-electron chi connectivity index (χ4n) is 3.26. The Morgan fingerprint density at radius 1 is 1.13 bits per heavy atom. The van der Waals surface area contributed by atoms with Gasteiger partial charge in [-0.25, -0.2) is 4.68 Å². The average molecular weight is 417 g/mol. The summed E-state index contributed by atoms with van der Waals surface area (Å²) >= 11 is 0. The minimum absolute atomic E-state index is 0.202. The molecule has 0 aliphatic rings. The van der Waals surface area contributed by atoms with Crippen LogP contribution < -0.4 is 4.74 Å². The van der Waals surface area contributed by atoms with Gasteiger partial charge in [0.2, 0.25) is 5.89 Å². The highest BCUT2D eigenvalue weighted by molar-refractivity contribution is 6.00. The van der Waals surface area contributed by atoms with Crippen LogP contribution in [0.1, 0.15) is 29.0 Å². The van der Waals surface area contributed by atoms with Crippen molar-refractivity contribution in [1.29, 1.82) is 0 Å². The Balaban J connectivity index is 1.74. The predicted octanol–water partition coefficient (Wildman–Crippen LogP) is 3.77. The van der Waals surface area contributed by atoms with Crippen molar-refractivity contribution < 1.29 is 14.1 Å². The third-order valence-corrected chi connectivity index (χ3v) is 4.87. The molecular formula is C23H23N5O3. The first-order chi connectivity index (χ1) is 15.1. The van der Waals surface area contributed by atoms with Crippen LogP contribution in [-0.4, -0.2) is 44.9 Å². The summed E-state index contributed by atoms with van der Waals surface area (Å²) in [6.45, 7) is 2.15. The standard InChI is InChI=1S/C23H23N5O3/c1-4-20-24-21(31-26-20)15-27(2)23(29)18-14-28(16-10-6-5-7-11-16)25-22(18)17-12-8-9-13-19(17)30-3/h5-14H,4,15H2,1-3H3. The second kappa shape index (κ2) is 8.83. The van der Waals surface area contributed by atoms with Crippen molar-refractivity contribution in [3.63, 3.8) is 0 Å². The second-order valence-corrected chi connectivity index (χ2v) is 6.99. The number of aryl methyl sites for hydroxylation is 1. The average Bonchev–Trinajstić information content (AvgIpc) is 3.46. The van der Waals surface area contributed by atoms with Crippen molar-refractivity contribution in [2.45, 2.75) is 19.9 Å². The highest BCUT2D eigenvalue weighted by Crippen LogP contribution is 2.32. The van der Waals surface area contributed by atoms with Crippen molar-refractivity contribution in [2.24, 2.45) is 0 Å². The third-order valence-electron chi connectivity index (χ3n) is 4.87. The first kappa shape index (κ1) is 20.3. The Morgan fingerprint density at radius 3 is 2.58 bits per heavy atom. The van der Waals surface area contributed by atoms with Gasteiger partial charge in [-0.15, -0.1) is 0 Å². The summed E-state index contributed by atoms with van der Waals surface area (Å²) in [5, 5.41) is 8.62. The topological polar surface area (TPSA) is 86.3 Å². The number of amides is 1. The largest absolute Gasteiger partial charge is 0.496 e. The summed E-state index contributed by atoms with van der Waals surface area (Å²) < 4.78 is 12.5. The number of nitrogens with zero attached hydrogens (tertiary/aromatic N) is 5. The van der Waals surface area contributed by atoms with E-state index >= 15 is 0 Å². The smallest absolute Gasteiger partial charge is 0.257 e. The molecule has 4 rings (SSSR count). The molecule has 31 heavy (non-hydrogen) atoms. The van der Waals surface area contributed by atoms with Gasteiger partial charge in [-0.2, -0.15) is 10.1 Å². The molecule has 2 aromatic carbocycles. The lowest BCUT2D eigenvalue weighted by atomic mass is 10.1. The zero-order chi connectivity index (χ0) is 21.8. The maximum absolute atomic E-state index is 13.4. The minimum atomic E-state index is -0.209. The molecule has 8 nitrogen and oxygen atoms in total. The molecule has 0 unspecified atom stereocenters. The van der Waals surface area contributed by atoms with Crippen molar-refractivity contribution in [3.8, 4) is 22.7 Å². The van der Waals surface area contributed by atoms with E-state index in [0.29, 0.717) is 35.1 Å². The second-order valence-electron chi connectivity index (χ2n) is 6.99. The van der Waals surface area contributed by atoms with E-state index in [1.54, 1.807) is 25.0 Å². The molecule has 1 amide bonds. The van der Waals surface area contributed by atoms with Crippen LogP contribution in [0.25, 0.3) is 16.9 Å². The normalized spacial score (nSPS) is 10.8. The molecule has 0 saturated heterocycles. The SMILES string of the molecule is CCc1noc(CN(C)C(=O)c2cn(-c3ccccc3)nc2-c2ccccc2OC)n1. The number of rotatable bonds is 7. The fourth-order valence-corrected chi connectivity index (χ4v) is 3.26. The van der Waals surface area contributed by atoms with Crippen molar-refractivity contribution in [3.05, 3.63) is 78.1 Å². The van der Waals surface area contributed by atoms with Crippen LogP contribution in [0.2, 0.25) is 0 Å². The van der Waals surface area contributed by atoms with Crippen LogP contribution in [0.5, 0.6) is 5.75 Å². The number of hydrogen-bond donors (Lipinski definition) is 0. The molecule has 0 spiro atoms. The maximum atomic E-state index is 13.4. The zero-order valence-electron chi connectivity index (χ0n) is 17.6. The van der Waals surface area contributed by atoms with Crippen LogP contribution in [0.15, 0.2) is 65.3 Å². The maximum Gasteiger partial charge on any atom is 0.257 e. The summed E-state index contributed by atoms with van der Waals surface area (Å²) in [5.41, 5.74) is 2.58. The first-order valence-electron chi connectivity index (χ1n) is 9.96. The summed E-state index contributed by atoms with van der Waals surface area (Å²) in [6.07, 6.45) is 2.41. The Morgan fingerprint density at radius 2 is 1.87 bits per heavy atom. The lowest BCUT2D eigenvalue weighted by molar-refractivity contribution is 0.0770.